The molecule has 0 bridgehead atoms. The van der Waals surface area contributed by atoms with Gasteiger partial charge in [-0.1, -0.05) is 9.84 Å². The Bertz CT molecular complexity index is 1180. The van der Waals surface area contributed by atoms with Crippen LogP contribution in [0.3, 0.4) is 0 Å². The van der Waals surface area contributed by atoms with Crippen molar-refractivity contribution in [3.8, 4) is 0 Å². The molecule has 15 heteroatoms. The molecule has 2 aliphatic heterocycles. The number of nitrogens with two attached hydrogens (primary N) is 1. The van der Waals surface area contributed by atoms with Gasteiger partial charge in [0.25, 0.3) is 16.8 Å². The van der Waals surface area contributed by atoms with Crippen molar-refractivity contribution in [2.75, 3.05) is 5.73 Å². The number of nitrogen functional groups attached to an aromatic ring is 1. The first-order chi connectivity index (χ1) is 15.3. The number of anilines is 1. The van der Waals surface area contributed by atoms with E-state index < -0.39 is 35.6 Å². The standard InChI is InChI=1S/C17H16N8O5S2/c1-24-9(3-2-6-19-24)31-8-5-4-7-10(15(27)25(7)12(8)16(28)29)20-14(26)11(22-30)13-21-17(18)32-23-13/h2-3,6-7,10H,4-5H2,1H3,(H4-,18,20,21,23,26,28,29,30)/p+1. The molecule has 4 rings (SSSR count). The summed E-state index contributed by atoms with van der Waals surface area (Å²) < 4.78 is 5.43. The lowest BCUT2D eigenvalue weighted by atomic mass is 9.86. The lowest BCUT2D eigenvalue weighted by molar-refractivity contribution is -0.765. The van der Waals surface area contributed by atoms with Crippen molar-refractivity contribution in [3.05, 3.63) is 34.8 Å². The van der Waals surface area contributed by atoms with Crippen LogP contribution in [0.5, 0.6) is 0 Å². The van der Waals surface area contributed by atoms with Crippen molar-refractivity contribution in [1.29, 1.82) is 0 Å². The Morgan fingerprint density at radius 2 is 2.25 bits per heavy atom. The highest BCUT2D eigenvalue weighted by Crippen LogP contribution is 2.42. The van der Waals surface area contributed by atoms with Gasteiger partial charge in [-0.15, -0.1) is 0 Å². The van der Waals surface area contributed by atoms with Crippen LogP contribution in [-0.4, -0.2) is 65.2 Å². The highest BCUT2D eigenvalue weighted by molar-refractivity contribution is 8.03. The average Bonchev–Trinajstić information content (AvgIpc) is 3.19. The highest BCUT2D eigenvalue weighted by Gasteiger charge is 2.54. The van der Waals surface area contributed by atoms with E-state index in [1.54, 1.807) is 30.1 Å². The molecular weight excluding hydrogens is 460 g/mol. The van der Waals surface area contributed by atoms with Gasteiger partial charge in [-0.25, -0.2) is 4.79 Å². The number of β-lactam (4-membered cyclic amide) rings is 1. The molecule has 0 saturated carbocycles. The Kier molecular flexibility index (Phi) is 5.75. The number of carboxylic acids is 1. The van der Waals surface area contributed by atoms with Gasteiger partial charge in [0.05, 0.1) is 12.2 Å². The molecule has 2 atom stereocenters. The van der Waals surface area contributed by atoms with Crippen LogP contribution in [0.1, 0.15) is 18.7 Å². The van der Waals surface area contributed by atoms with Crippen molar-refractivity contribution in [2.45, 2.75) is 30.0 Å². The Hall–Kier alpha value is -3.59. The lowest BCUT2D eigenvalue weighted by Gasteiger charge is -2.49. The monoisotopic (exact) mass is 477 g/mol. The first kappa shape index (κ1) is 21.6. The topological polar surface area (TPSA) is 188 Å². The Morgan fingerprint density at radius 1 is 1.47 bits per heavy atom. The van der Waals surface area contributed by atoms with Crippen molar-refractivity contribution < 1.29 is 29.4 Å². The SMILES string of the molecule is C[n+]1ncccc1SC1=C(C(=O)O)N2C(=O)C(NC(=O)/C(=N\O)c3nsc(N)n3)C2CC1. The molecule has 0 aliphatic carbocycles. The molecule has 32 heavy (non-hydrogen) atoms. The number of fused-ring (bicyclic) bond motifs is 1. The number of aryl methyl sites for hydroxylation is 1. The van der Waals surface area contributed by atoms with Crippen LogP contribution in [0.15, 0.2) is 39.1 Å². The maximum atomic E-state index is 12.8. The van der Waals surface area contributed by atoms with Gasteiger partial charge in [0.15, 0.2) is 12.2 Å². The number of carbonyl (C=O) groups excluding carboxylic acids is 2. The smallest absolute Gasteiger partial charge is 0.353 e. The number of carbonyl (C=O) groups is 3. The van der Waals surface area contributed by atoms with Gasteiger partial charge < -0.3 is 21.4 Å². The fraction of sp³-hybridized carbons (Fsp3) is 0.294. The third-order valence-electron chi connectivity index (χ3n) is 4.96. The second-order valence-electron chi connectivity index (χ2n) is 6.83. The number of nitrogens with one attached hydrogen (secondary N) is 1. The summed E-state index contributed by atoms with van der Waals surface area (Å²) >= 11 is 2.05. The molecule has 0 spiro atoms. The van der Waals surface area contributed by atoms with E-state index in [1.165, 1.54) is 16.7 Å². The summed E-state index contributed by atoms with van der Waals surface area (Å²) in [4.78, 5) is 42.8. The summed E-state index contributed by atoms with van der Waals surface area (Å²) in [5, 5.41) is 29.3. The number of aromatic nitrogens is 4. The number of nitrogens with zero attached hydrogens (tertiary/aromatic N) is 6. The predicted molar refractivity (Wildman–Crippen MR) is 110 cm³/mol. The van der Waals surface area contributed by atoms with Crippen LogP contribution >= 0.6 is 23.3 Å². The summed E-state index contributed by atoms with van der Waals surface area (Å²) in [6.07, 6.45) is 2.44. The number of carboxylic acid groups (broad SMARTS) is 1. The zero-order chi connectivity index (χ0) is 23.0. The van der Waals surface area contributed by atoms with E-state index in [1.807, 2.05) is 0 Å². The van der Waals surface area contributed by atoms with Gasteiger partial charge in [-0.3, -0.25) is 14.5 Å². The lowest BCUT2D eigenvalue weighted by Crippen LogP contribution is -2.72. The molecule has 0 radical (unpaired) electrons. The van der Waals surface area contributed by atoms with Crippen LogP contribution in [0, 0.1) is 0 Å². The third kappa shape index (κ3) is 3.75. The van der Waals surface area contributed by atoms with E-state index in [0.717, 1.165) is 16.6 Å². The van der Waals surface area contributed by atoms with Crippen LogP contribution in [-0.2, 0) is 21.4 Å². The van der Waals surface area contributed by atoms with E-state index in [4.69, 9.17) is 5.73 Å². The second kappa shape index (κ2) is 8.51. The van der Waals surface area contributed by atoms with Crippen molar-refractivity contribution in [3.63, 3.8) is 0 Å². The van der Waals surface area contributed by atoms with Gasteiger partial charge in [0, 0.05) is 22.5 Å². The molecule has 1 fully saturated rings. The number of allylic oxidation sites excluding steroid dienone is 1. The van der Waals surface area contributed by atoms with Gasteiger partial charge in [-0.05, 0) is 35.8 Å². The zero-order valence-electron chi connectivity index (χ0n) is 16.5. The van der Waals surface area contributed by atoms with Gasteiger partial charge in [-0.2, -0.15) is 9.36 Å². The molecule has 0 aromatic carbocycles. The largest absolute Gasteiger partial charge is 0.477 e. The fourth-order valence-electron chi connectivity index (χ4n) is 3.52. The summed E-state index contributed by atoms with van der Waals surface area (Å²) in [7, 11) is 1.74. The highest BCUT2D eigenvalue weighted by atomic mass is 32.2. The molecule has 2 amide bonds. The van der Waals surface area contributed by atoms with E-state index in [-0.39, 0.29) is 16.7 Å². The minimum absolute atomic E-state index is 0.0791. The first-order valence-corrected chi connectivity index (χ1v) is 10.8. The van der Waals surface area contributed by atoms with E-state index >= 15 is 0 Å². The maximum Gasteiger partial charge on any atom is 0.353 e. The third-order valence-corrected chi connectivity index (χ3v) is 6.76. The zero-order valence-corrected chi connectivity index (χ0v) is 18.1. The number of amides is 2. The van der Waals surface area contributed by atoms with E-state index in [2.05, 4.69) is 24.9 Å². The molecular formula is C17H17N8O5S2+. The van der Waals surface area contributed by atoms with Crippen LogP contribution < -0.4 is 15.7 Å². The van der Waals surface area contributed by atoms with Crippen LogP contribution in [0.25, 0.3) is 0 Å². The van der Waals surface area contributed by atoms with E-state index in [9.17, 15) is 24.7 Å². The minimum atomic E-state index is -1.23. The number of oxime groups is 1. The molecule has 166 valence electrons. The summed E-state index contributed by atoms with van der Waals surface area (Å²) in [5.74, 6) is -2.85. The van der Waals surface area contributed by atoms with Crippen LogP contribution in [0.2, 0.25) is 0 Å². The molecule has 2 aliphatic rings. The Labute approximate surface area is 188 Å². The van der Waals surface area contributed by atoms with Gasteiger partial charge >= 0.3 is 5.97 Å². The molecule has 1 saturated heterocycles. The minimum Gasteiger partial charge on any atom is -0.477 e. The van der Waals surface area contributed by atoms with E-state index in [0.29, 0.717) is 17.7 Å². The molecule has 2 unspecified atom stereocenters. The maximum absolute atomic E-state index is 12.8. The molecule has 5 N–H and O–H groups in total. The Balaban J connectivity index is 1.54. The van der Waals surface area contributed by atoms with Crippen molar-refractivity contribution >= 4 is 51.9 Å². The number of hydrogen-bond donors (Lipinski definition) is 4. The quantitative estimate of drug-likeness (QED) is 0.133. The predicted octanol–water partition coefficient (Wildman–Crippen LogP) is -0.904. The number of hydrogen-bond acceptors (Lipinski definition) is 11. The normalized spacial score (nSPS) is 20.6. The van der Waals surface area contributed by atoms with Crippen molar-refractivity contribution in [1.82, 2.24) is 24.7 Å². The van der Waals surface area contributed by atoms with Crippen LogP contribution in [0.4, 0.5) is 5.13 Å². The number of thioether (sulfide) groups is 1. The molecule has 2 aromatic heterocycles. The number of rotatable bonds is 6. The summed E-state index contributed by atoms with van der Waals surface area (Å²) in [6.45, 7) is 0. The Morgan fingerprint density at radius 3 is 2.88 bits per heavy atom. The summed E-state index contributed by atoms with van der Waals surface area (Å²) in [5.41, 5.74) is 4.88. The van der Waals surface area contributed by atoms with Crippen molar-refractivity contribution in [2.24, 2.45) is 12.2 Å². The number of aliphatic carboxylic acids is 1. The molecule has 13 nitrogen and oxygen atoms in total. The summed E-state index contributed by atoms with van der Waals surface area (Å²) in [6, 6.07) is 2.02. The first-order valence-electron chi connectivity index (χ1n) is 9.23. The molecule has 4 heterocycles. The second-order valence-corrected chi connectivity index (χ2v) is 8.73. The molecule has 2 aromatic rings. The van der Waals surface area contributed by atoms with Gasteiger partial charge in [0.2, 0.25) is 11.5 Å². The fourth-order valence-corrected chi connectivity index (χ4v) is 5.03. The van der Waals surface area contributed by atoms with Gasteiger partial charge in [0.1, 0.15) is 11.7 Å². The average molecular weight is 478 g/mol.